The molecular formula is CH14N2O5S. The first-order chi connectivity index (χ1) is 1.41. The van der Waals surface area contributed by atoms with Gasteiger partial charge in [0.25, 0.3) is 0 Å². The van der Waals surface area contributed by atoms with Crippen molar-refractivity contribution in [2.75, 3.05) is 0 Å². The molecule has 0 saturated carbocycles. The van der Waals surface area contributed by atoms with Gasteiger partial charge in [0.1, 0.15) is 5.40 Å². The van der Waals surface area contributed by atoms with Crippen LogP contribution in [0.4, 0.5) is 0 Å². The third-order valence-electron chi connectivity index (χ3n) is 0. The highest BCUT2D eigenvalue weighted by Crippen LogP contribution is 1.46. The monoisotopic (exact) mass is 166 g/mol. The molecular weight excluding hydrogens is 152 g/mol. The number of nitriles is 1. The van der Waals surface area contributed by atoms with E-state index in [1.807, 2.05) is 0 Å². The Balaban J connectivity index is -0.00000000133. The molecule has 7 nitrogen and oxygen atoms in total. The fourth-order valence-electron chi connectivity index (χ4n) is 0. The van der Waals surface area contributed by atoms with E-state index in [1.54, 1.807) is 0 Å². The maximum absolute atomic E-state index is 7.18. The number of thiol groups is 1. The maximum Gasteiger partial charge on any atom is 0.130 e. The average Bonchev–Trinajstić information content (AvgIpc) is 0.918. The summed E-state index contributed by atoms with van der Waals surface area (Å²) in [6, 6.07) is 0. The van der Waals surface area contributed by atoms with Crippen LogP contribution in [0.1, 0.15) is 0 Å². The summed E-state index contributed by atoms with van der Waals surface area (Å²) in [4.78, 5) is 0. The molecule has 13 N–H and O–H groups in total. The van der Waals surface area contributed by atoms with E-state index < -0.39 is 0 Å². The van der Waals surface area contributed by atoms with Gasteiger partial charge in [0.15, 0.2) is 0 Å². The molecule has 0 atom stereocenters. The van der Waals surface area contributed by atoms with Crippen molar-refractivity contribution in [2.24, 2.45) is 0 Å². The molecule has 0 rings (SSSR count). The van der Waals surface area contributed by atoms with E-state index in [0.717, 1.165) is 0 Å². The Hall–Kier alpha value is -0.400. The summed E-state index contributed by atoms with van der Waals surface area (Å²) in [7, 11) is 0. The zero-order valence-electron chi connectivity index (χ0n) is 4.60. The van der Waals surface area contributed by atoms with Crippen LogP contribution in [0.5, 0.6) is 0 Å². The van der Waals surface area contributed by atoms with E-state index in [4.69, 9.17) is 5.26 Å². The molecule has 64 valence electrons. The minimum Gasteiger partial charge on any atom is -0.412 e. The summed E-state index contributed by atoms with van der Waals surface area (Å²) in [6.07, 6.45) is 0. The van der Waals surface area contributed by atoms with Crippen molar-refractivity contribution in [3.63, 3.8) is 0 Å². The van der Waals surface area contributed by atoms with Crippen LogP contribution in [0.2, 0.25) is 0 Å². The highest BCUT2D eigenvalue weighted by molar-refractivity contribution is 7.85. The molecule has 0 unspecified atom stereocenters. The van der Waals surface area contributed by atoms with Gasteiger partial charge in [-0.25, -0.2) is 0 Å². The Labute approximate surface area is 57.8 Å². The Morgan fingerprint density at radius 3 is 0.889 bits per heavy atom. The van der Waals surface area contributed by atoms with Crippen molar-refractivity contribution in [3.8, 4) is 5.40 Å². The average molecular weight is 166 g/mol. The van der Waals surface area contributed by atoms with E-state index >= 15 is 0 Å². The Kier molecular flexibility index (Phi) is 19800. The number of thiocyanates is 1. The van der Waals surface area contributed by atoms with Crippen LogP contribution in [-0.2, 0) is 0 Å². The van der Waals surface area contributed by atoms with Crippen LogP contribution >= 0.6 is 12.6 Å². The van der Waals surface area contributed by atoms with Crippen molar-refractivity contribution < 1.29 is 27.4 Å². The number of hydrogen-bond donors (Lipinski definition) is 2. The van der Waals surface area contributed by atoms with Gasteiger partial charge in [0, 0.05) is 0 Å². The number of hydrogen-bond acceptors (Lipinski definition) is 3. The van der Waals surface area contributed by atoms with Crippen molar-refractivity contribution in [1.82, 2.24) is 6.15 Å². The minimum atomic E-state index is 0. The molecule has 0 fully saturated rings. The van der Waals surface area contributed by atoms with Gasteiger partial charge in [0.05, 0.1) is 0 Å². The summed E-state index contributed by atoms with van der Waals surface area (Å²) in [6.45, 7) is 0. The van der Waals surface area contributed by atoms with Gasteiger partial charge in [-0.2, -0.15) is 5.26 Å². The third kappa shape index (κ3) is 1490. The zero-order valence-corrected chi connectivity index (χ0v) is 5.50. The highest BCUT2D eigenvalue weighted by atomic mass is 32.1. The summed E-state index contributed by atoms with van der Waals surface area (Å²) in [5.41, 5.74) is 0. The van der Waals surface area contributed by atoms with Crippen molar-refractivity contribution in [1.29, 1.82) is 5.26 Å². The second-order valence-electron chi connectivity index (χ2n) is 0.100. The Morgan fingerprint density at radius 2 is 0.889 bits per heavy atom. The van der Waals surface area contributed by atoms with Crippen LogP contribution in [0, 0.1) is 10.7 Å². The molecule has 0 aliphatic heterocycles. The molecule has 0 aromatic rings. The van der Waals surface area contributed by atoms with Gasteiger partial charge in [0.2, 0.25) is 0 Å². The first-order valence-electron chi connectivity index (χ1n) is 0.447. The fraction of sp³-hybridized carbons (Fsp3) is 0. The van der Waals surface area contributed by atoms with Gasteiger partial charge in [-0.3, -0.25) is 0 Å². The molecule has 0 aromatic carbocycles. The van der Waals surface area contributed by atoms with Crippen molar-refractivity contribution in [3.05, 3.63) is 0 Å². The van der Waals surface area contributed by atoms with E-state index in [-0.39, 0.29) is 33.5 Å². The fourth-order valence-corrected chi connectivity index (χ4v) is 0. The lowest BCUT2D eigenvalue weighted by Gasteiger charge is -1.14. The van der Waals surface area contributed by atoms with Crippen LogP contribution in [0.25, 0.3) is 0 Å². The van der Waals surface area contributed by atoms with Crippen molar-refractivity contribution in [2.45, 2.75) is 0 Å². The lowest BCUT2D eigenvalue weighted by Crippen LogP contribution is -0.961. The lowest BCUT2D eigenvalue weighted by atomic mass is 11.8. The van der Waals surface area contributed by atoms with E-state index in [1.165, 1.54) is 5.40 Å². The SMILES string of the molecule is N.N#CS.O.O.O.O.O. The summed E-state index contributed by atoms with van der Waals surface area (Å²) in [5.74, 6) is 0. The summed E-state index contributed by atoms with van der Waals surface area (Å²) < 4.78 is 0. The minimum absolute atomic E-state index is 0. The highest BCUT2D eigenvalue weighted by Gasteiger charge is 1.18. The predicted octanol–water partition coefficient (Wildman–Crippen LogP) is -3.56. The standard InChI is InChI=1S/CHNS.H3N.5H2O/c2-1-3;;;;;;/h3H;1H3;5*1H2. The lowest BCUT2D eigenvalue weighted by molar-refractivity contribution is 0.823. The third-order valence-corrected chi connectivity index (χ3v) is 0. The van der Waals surface area contributed by atoms with Crippen LogP contribution in [-0.4, -0.2) is 27.4 Å². The van der Waals surface area contributed by atoms with Crippen LogP contribution in [0.15, 0.2) is 0 Å². The van der Waals surface area contributed by atoms with Gasteiger partial charge in [-0.15, -0.1) is 0 Å². The second-order valence-corrected chi connectivity index (χ2v) is 0.300. The van der Waals surface area contributed by atoms with E-state index in [9.17, 15) is 0 Å². The molecule has 0 aliphatic rings. The molecule has 8 heteroatoms. The number of nitrogens with zero attached hydrogens (tertiary/aromatic N) is 1. The van der Waals surface area contributed by atoms with Crippen molar-refractivity contribution >= 4 is 12.6 Å². The molecule has 0 radical (unpaired) electrons. The normalized spacial score (nSPS) is 0.889. The first-order valence-corrected chi connectivity index (χ1v) is 0.894. The first kappa shape index (κ1) is 194. The maximum atomic E-state index is 7.18. The van der Waals surface area contributed by atoms with Gasteiger partial charge in [-0.1, -0.05) is 12.6 Å². The smallest absolute Gasteiger partial charge is 0.130 e. The quantitative estimate of drug-likeness (QED) is 0.275. The van der Waals surface area contributed by atoms with Gasteiger partial charge >= 0.3 is 0 Å². The van der Waals surface area contributed by atoms with Gasteiger partial charge < -0.3 is 33.5 Å². The molecule has 0 saturated heterocycles. The van der Waals surface area contributed by atoms with Crippen LogP contribution in [0.3, 0.4) is 0 Å². The van der Waals surface area contributed by atoms with E-state index in [0.29, 0.717) is 0 Å². The summed E-state index contributed by atoms with van der Waals surface area (Å²) in [5, 5.41) is 8.63. The predicted molar refractivity (Wildman–Crippen MR) is 37.7 cm³/mol. The summed E-state index contributed by atoms with van der Waals surface area (Å²) >= 11 is 3.09. The Morgan fingerprint density at radius 1 is 0.889 bits per heavy atom. The number of rotatable bonds is 0. The molecule has 0 spiro atoms. The van der Waals surface area contributed by atoms with Crippen LogP contribution < -0.4 is 6.15 Å². The topological polar surface area (TPSA) is 216 Å². The molecule has 0 heterocycles. The largest absolute Gasteiger partial charge is 0.412 e. The van der Waals surface area contributed by atoms with E-state index in [2.05, 4.69) is 12.6 Å². The molecule has 0 aliphatic carbocycles. The second kappa shape index (κ2) is 920. The van der Waals surface area contributed by atoms with Gasteiger partial charge in [-0.05, 0) is 0 Å². The molecule has 9 heavy (non-hydrogen) atoms. The zero-order chi connectivity index (χ0) is 2.71. The molecule has 0 bridgehead atoms. The molecule has 0 amide bonds. The Bertz CT molecular complexity index is 36.4. The molecule has 0 aromatic heterocycles.